The first-order valence-electron chi connectivity index (χ1n) is 4.65. The molecule has 3 nitrogen and oxygen atoms in total. The molecule has 3 heteroatoms. The lowest BCUT2D eigenvalue weighted by Gasteiger charge is -2.18. The first kappa shape index (κ1) is 8.03. The topological polar surface area (TPSA) is 39.1 Å². The molecule has 2 rings (SSSR count). The van der Waals surface area contributed by atoms with Crippen molar-refractivity contribution in [3.8, 4) is 6.07 Å². The zero-order valence-electron chi connectivity index (χ0n) is 7.45. The summed E-state index contributed by atoms with van der Waals surface area (Å²) in [6.07, 6.45) is 0. The largest absolute Gasteiger partial charge is 0.316 e. The molecule has 12 heavy (non-hydrogen) atoms. The number of rotatable bonds is 1. The van der Waals surface area contributed by atoms with E-state index in [2.05, 4.69) is 16.3 Å². The molecule has 0 bridgehead atoms. The first-order chi connectivity index (χ1) is 5.81. The summed E-state index contributed by atoms with van der Waals surface area (Å²) in [6.45, 7) is 6.53. The van der Waals surface area contributed by atoms with Crippen LogP contribution in [0.4, 0.5) is 0 Å². The van der Waals surface area contributed by atoms with Crippen molar-refractivity contribution < 1.29 is 0 Å². The highest BCUT2D eigenvalue weighted by atomic mass is 15.2. The van der Waals surface area contributed by atoms with Gasteiger partial charge in [0, 0.05) is 13.1 Å². The molecule has 2 aliphatic heterocycles. The van der Waals surface area contributed by atoms with Crippen LogP contribution >= 0.6 is 0 Å². The first-order valence-corrected chi connectivity index (χ1v) is 4.65. The molecule has 2 heterocycles. The van der Waals surface area contributed by atoms with Crippen molar-refractivity contribution in [3.05, 3.63) is 0 Å². The van der Waals surface area contributed by atoms with Gasteiger partial charge in [-0.25, -0.2) is 0 Å². The number of hydrogen-bond acceptors (Lipinski definition) is 3. The summed E-state index contributed by atoms with van der Waals surface area (Å²) < 4.78 is 0. The maximum absolute atomic E-state index is 8.75. The molecule has 3 atom stereocenters. The summed E-state index contributed by atoms with van der Waals surface area (Å²) in [6, 6.07) is 2.41. The van der Waals surface area contributed by atoms with Crippen LogP contribution in [0.5, 0.6) is 0 Å². The summed E-state index contributed by atoms with van der Waals surface area (Å²) in [5, 5.41) is 12.1. The van der Waals surface area contributed by atoms with E-state index in [1.807, 2.05) is 6.92 Å². The van der Waals surface area contributed by atoms with Gasteiger partial charge in [0.25, 0.3) is 0 Å². The molecular weight excluding hydrogens is 150 g/mol. The van der Waals surface area contributed by atoms with Crippen LogP contribution in [-0.2, 0) is 0 Å². The lowest BCUT2D eigenvalue weighted by Crippen LogP contribution is -2.32. The Hall–Kier alpha value is -0.590. The fraction of sp³-hybridized carbons (Fsp3) is 0.889. The average molecular weight is 165 g/mol. The van der Waals surface area contributed by atoms with Crippen molar-refractivity contribution in [2.24, 2.45) is 11.8 Å². The second-order valence-electron chi connectivity index (χ2n) is 3.94. The van der Waals surface area contributed by atoms with Gasteiger partial charge in [0.2, 0.25) is 0 Å². The van der Waals surface area contributed by atoms with E-state index in [-0.39, 0.29) is 6.04 Å². The summed E-state index contributed by atoms with van der Waals surface area (Å²) in [4.78, 5) is 2.30. The number of likely N-dealkylation sites (tertiary alicyclic amines) is 1. The highest BCUT2D eigenvalue weighted by Crippen LogP contribution is 2.27. The number of nitrogens with zero attached hydrogens (tertiary/aromatic N) is 2. The van der Waals surface area contributed by atoms with Gasteiger partial charge < -0.3 is 5.32 Å². The molecule has 2 aliphatic rings. The average Bonchev–Trinajstić information content (AvgIpc) is 2.60. The van der Waals surface area contributed by atoms with Gasteiger partial charge in [-0.05, 0) is 31.8 Å². The van der Waals surface area contributed by atoms with Gasteiger partial charge in [0.1, 0.15) is 0 Å². The lowest BCUT2D eigenvalue weighted by molar-refractivity contribution is 0.283. The van der Waals surface area contributed by atoms with E-state index in [1.54, 1.807) is 0 Å². The standard InChI is InChI=1S/C9H15N3/c1-7(2-10)12-5-8-3-11-4-9(8)6-12/h7-9,11H,3-6H2,1H3. The SMILES string of the molecule is CC(C#N)N1CC2CNCC2C1. The second-order valence-corrected chi connectivity index (χ2v) is 3.94. The molecule has 0 spiro atoms. The monoisotopic (exact) mass is 165 g/mol. The predicted octanol–water partition coefficient (Wildman–Crippen LogP) is 0.0497. The van der Waals surface area contributed by atoms with E-state index >= 15 is 0 Å². The van der Waals surface area contributed by atoms with E-state index in [0.29, 0.717) is 0 Å². The maximum Gasteiger partial charge on any atom is 0.0949 e. The predicted molar refractivity (Wildman–Crippen MR) is 46.5 cm³/mol. The third-order valence-corrected chi connectivity index (χ3v) is 3.15. The number of fused-ring (bicyclic) bond motifs is 1. The molecule has 2 saturated heterocycles. The van der Waals surface area contributed by atoms with E-state index in [4.69, 9.17) is 5.26 Å². The van der Waals surface area contributed by atoms with Gasteiger partial charge in [-0.2, -0.15) is 5.26 Å². The molecule has 0 aromatic rings. The summed E-state index contributed by atoms with van der Waals surface area (Å²) in [5.74, 6) is 1.61. The van der Waals surface area contributed by atoms with Crippen LogP contribution in [0.3, 0.4) is 0 Å². The molecule has 0 aromatic carbocycles. The van der Waals surface area contributed by atoms with Crippen LogP contribution in [-0.4, -0.2) is 37.1 Å². The minimum absolute atomic E-state index is 0.107. The van der Waals surface area contributed by atoms with Crippen molar-refractivity contribution in [3.63, 3.8) is 0 Å². The Morgan fingerprint density at radius 2 is 2.00 bits per heavy atom. The fourth-order valence-electron chi connectivity index (χ4n) is 2.29. The molecule has 2 fully saturated rings. The van der Waals surface area contributed by atoms with Crippen molar-refractivity contribution in [1.29, 1.82) is 5.26 Å². The molecule has 0 amide bonds. The van der Waals surface area contributed by atoms with E-state index in [1.165, 1.54) is 0 Å². The van der Waals surface area contributed by atoms with Crippen LogP contribution in [0.15, 0.2) is 0 Å². The number of nitriles is 1. The zero-order chi connectivity index (χ0) is 8.55. The third-order valence-electron chi connectivity index (χ3n) is 3.15. The molecule has 0 saturated carbocycles. The quantitative estimate of drug-likeness (QED) is 0.596. The van der Waals surface area contributed by atoms with Gasteiger partial charge >= 0.3 is 0 Å². The number of hydrogen-bond donors (Lipinski definition) is 1. The van der Waals surface area contributed by atoms with Crippen LogP contribution in [0.2, 0.25) is 0 Å². The second kappa shape index (κ2) is 3.04. The Labute approximate surface area is 73.3 Å². The number of nitrogens with one attached hydrogen (secondary N) is 1. The van der Waals surface area contributed by atoms with E-state index in [0.717, 1.165) is 38.0 Å². The van der Waals surface area contributed by atoms with Crippen LogP contribution in [0.1, 0.15) is 6.92 Å². The van der Waals surface area contributed by atoms with Crippen molar-refractivity contribution in [1.82, 2.24) is 10.2 Å². The Morgan fingerprint density at radius 1 is 1.42 bits per heavy atom. The molecule has 0 aliphatic carbocycles. The van der Waals surface area contributed by atoms with Crippen LogP contribution in [0.25, 0.3) is 0 Å². The van der Waals surface area contributed by atoms with Gasteiger partial charge in [0.05, 0.1) is 12.1 Å². The zero-order valence-corrected chi connectivity index (χ0v) is 7.45. The van der Waals surface area contributed by atoms with E-state index in [9.17, 15) is 0 Å². The smallest absolute Gasteiger partial charge is 0.0949 e. The highest BCUT2D eigenvalue weighted by molar-refractivity contribution is 4.97. The third kappa shape index (κ3) is 1.21. The minimum atomic E-state index is 0.107. The summed E-state index contributed by atoms with van der Waals surface area (Å²) in [7, 11) is 0. The maximum atomic E-state index is 8.75. The Balaban J connectivity index is 1.95. The van der Waals surface area contributed by atoms with Crippen LogP contribution in [0, 0.1) is 23.2 Å². The van der Waals surface area contributed by atoms with Gasteiger partial charge in [-0.15, -0.1) is 0 Å². The van der Waals surface area contributed by atoms with Crippen molar-refractivity contribution in [2.45, 2.75) is 13.0 Å². The summed E-state index contributed by atoms with van der Waals surface area (Å²) >= 11 is 0. The highest BCUT2D eigenvalue weighted by Gasteiger charge is 2.37. The van der Waals surface area contributed by atoms with E-state index < -0.39 is 0 Å². The minimum Gasteiger partial charge on any atom is -0.316 e. The lowest BCUT2D eigenvalue weighted by atomic mass is 10.0. The Morgan fingerprint density at radius 3 is 2.50 bits per heavy atom. The summed E-state index contributed by atoms with van der Waals surface area (Å²) in [5.41, 5.74) is 0. The molecule has 3 unspecified atom stereocenters. The Bertz CT molecular complexity index is 196. The normalized spacial score (nSPS) is 37.7. The molecule has 0 radical (unpaired) electrons. The van der Waals surface area contributed by atoms with Gasteiger partial charge in [-0.1, -0.05) is 0 Å². The Kier molecular flexibility index (Phi) is 2.03. The van der Waals surface area contributed by atoms with Crippen molar-refractivity contribution >= 4 is 0 Å². The molecular formula is C9H15N3. The van der Waals surface area contributed by atoms with Crippen molar-refractivity contribution in [2.75, 3.05) is 26.2 Å². The van der Waals surface area contributed by atoms with Crippen LogP contribution < -0.4 is 5.32 Å². The molecule has 0 aromatic heterocycles. The fourth-order valence-corrected chi connectivity index (χ4v) is 2.29. The molecule has 1 N–H and O–H groups in total. The molecule has 66 valence electrons. The van der Waals surface area contributed by atoms with Gasteiger partial charge in [0.15, 0.2) is 0 Å². The van der Waals surface area contributed by atoms with Gasteiger partial charge in [-0.3, -0.25) is 4.90 Å².